The van der Waals surface area contributed by atoms with Gasteiger partial charge in [-0.1, -0.05) is 12.1 Å². The van der Waals surface area contributed by atoms with Crippen molar-refractivity contribution in [3.8, 4) is 11.5 Å². The molecule has 2 aromatic carbocycles. The molecule has 6 nitrogen and oxygen atoms in total. The quantitative estimate of drug-likeness (QED) is 0.532. The largest absolute Gasteiger partial charge is 0.497 e. The van der Waals surface area contributed by atoms with Crippen LogP contribution in [0.25, 0.3) is 0 Å². The highest BCUT2D eigenvalue weighted by atomic mass is 19.4. The SMILES string of the molecule is CCOC(=O)Cc1cc(OC)cc(OCc2ccc(C(F)(F)F)cc2)c1C(=O)OCC. The van der Waals surface area contributed by atoms with Crippen molar-refractivity contribution in [1.29, 1.82) is 0 Å². The molecule has 2 aromatic rings. The number of methoxy groups -OCH3 is 1. The first-order valence-corrected chi connectivity index (χ1v) is 9.52. The Labute approximate surface area is 177 Å². The molecule has 0 aliphatic rings. The van der Waals surface area contributed by atoms with Crippen LogP contribution in [0.4, 0.5) is 13.2 Å². The molecule has 0 N–H and O–H groups in total. The summed E-state index contributed by atoms with van der Waals surface area (Å²) in [7, 11) is 1.41. The van der Waals surface area contributed by atoms with Crippen LogP contribution >= 0.6 is 0 Å². The molecular formula is C22H23F3O6. The van der Waals surface area contributed by atoms with Gasteiger partial charge in [0.05, 0.1) is 32.3 Å². The fourth-order valence-corrected chi connectivity index (χ4v) is 2.77. The zero-order valence-corrected chi connectivity index (χ0v) is 17.4. The Morgan fingerprint density at radius 2 is 1.61 bits per heavy atom. The van der Waals surface area contributed by atoms with Gasteiger partial charge in [0.2, 0.25) is 0 Å². The number of ether oxygens (including phenoxy) is 4. The van der Waals surface area contributed by atoms with Crippen LogP contribution in [0, 0.1) is 0 Å². The predicted molar refractivity (Wildman–Crippen MR) is 105 cm³/mol. The molecule has 0 amide bonds. The first kappa shape index (κ1) is 24.0. The second-order valence-corrected chi connectivity index (χ2v) is 6.35. The highest BCUT2D eigenvalue weighted by Crippen LogP contribution is 2.32. The van der Waals surface area contributed by atoms with Crippen molar-refractivity contribution in [2.45, 2.75) is 33.1 Å². The summed E-state index contributed by atoms with van der Waals surface area (Å²) in [4.78, 5) is 24.6. The van der Waals surface area contributed by atoms with Gasteiger partial charge in [-0.25, -0.2) is 4.79 Å². The van der Waals surface area contributed by atoms with E-state index in [9.17, 15) is 22.8 Å². The second kappa shape index (κ2) is 10.7. The fourth-order valence-electron chi connectivity index (χ4n) is 2.77. The summed E-state index contributed by atoms with van der Waals surface area (Å²) in [6.45, 7) is 3.46. The highest BCUT2D eigenvalue weighted by Gasteiger charge is 2.30. The van der Waals surface area contributed by atoms with E-state index in [-0.39, 0.29) is 37.6 Å². The number of benzene rings is 2. The van der Waals surface area contributed by atoms with Crippen molar-refractivity contribution in [3.05, 3.63) is 58.7 Å². The first-order chi connectivity index (χ1) is 14.7. The Morgan fingerprint density at radius 1 is 0.968 bits per heavy atom. The van der Waals surface area contributed by atoms with Gasteiger partial charge in [0.15, 0.2) is 0 Å². The molecule has 168 valence electrons. The number of hydrogen-bond acceptors (Lipinski definition) is 6. The summed E-state index contributed by atoms with van der Waals surface area (Å²) in [5.74, 6) is -0.839. The Kier molecular flexibility index (Phi) is 8.30. The van der Waals surface area contributed by atoms with Gasteiger partial charge in [0.1, 0.15) is 23.7 Å². The van der Waals surface area contributed by atoms with Gasteiger partial charge in [-0.15, -0.1) is 0 Å². The lowest BCUT2D eigenvalue weighted by molar-refractivity contribution is -0.142. The molecule has 0 spiro atoms. The molecule has 0 unspecified atom stereocenters. The van der Waals surface area contributed by atoms with Crippen molar-refractivity contribution in [3.63, 3.8) is 0 Å². The van der Waals surface area contributed by atoms with Crippen LogP contribution < -0.4 is 9.47 Å². The van der Waals surface area contributed by atoms with E-state index in [0.717, 1.165) is 12.1 Å². The van der Waals surface area contributed by atoms with Crippen molar-refractivity contribution < 1.29 is 41.7 Å². The lowest BCUT2D eigenvalue weighted by Crippen LogP contribution is -2.15. The smallest absolute Gasteiger partial charge is 0.416 e. The predicted octanol–water partition coefficient (Wildman–Crippen LogP) is 4.58. The van der Waals surface area contributed by atoms with Gasteiger partial charge >= 0.3 is 18.1 Å². The molecule has 31 heavy (non-hydrogen) atoms. The number of carbonyl (C=O) groups is 2. The molecule has 0 fully saturated rings. The second-order valence-electron chi connectivity index (χ2n) is 6.35. The minimum atomic E-state index is -4.44. The van der Waals surface area contributed by atoms with Crippen molar-refractivity contribution >= 4 is 11.9 Å². The number of esters is 2. The van der Waals surface area contributed by atoms with Crippen molar-refractivity contribution in [1.82, 2.24) is 0 Å². The third kappa shape index (κ3) is 6.63. The van der Waals surface area contributed by atoms with E-state index in [2.05, 4.69) is 0 Å². The topological polar surface area (TPSA) is 71.1 Å². The summed E-state index contributed by atoms with van der Waals surface area (Å²) in [5.41, 5.74) is 0.000390. The molecular weight excluding hydrogens is 417 g/mol. The highest BCUT2D eigenvalue weighted by molar-refractivity contribution is 5.96. The van der Waals surface area contributed by atoms with Crippen LogP contribution in [0.15, 0.2) is 36.4 Å². The number of halogens is 3. The zero-order valence-electron chi connectivity index (χ0n) is 17.4. The van der Waals surface area contributed by atoms with E-state index < -0.39 is 23.7 Å². The maximum Gasteiger partial charge on any atom is 0.416 e. The first-order valence-electron chi connectivity index (χ1n) is 9.52. The van der Waals surface area contributed by atoms with Crippen LogP contribution in [0.5, 0.6) is 11.5 Å². The standard InChI is InChI=1S/C22H23F3O6/c1-4-29-19(26)11-15-10-17(28-3)12-18(20(15)21(27)30-5-2)31-13-14-6-8-16(9-7-14)22(23,24)25/h6-10,12H,4-5,11,13H2,1-3H3. The number of hydrogen-bond donors (Lipinski definition) is 0. The van der Waals surface area contributed by atoms with Crippen LogP contribution in [0.3, 0.4) is 0 Å². The van der Waals surface area contributed by atoms with Gasteiger partial charge in [-0.05, 0) is 43.2 Å². The number of rotatable bonds is 9. The van der Waals surface area contributed by atoms with Gasteiger partial charge in [-0.2, -0.15) is 13.2 Å². The Balaban J connectivity index is 2.37. The molecule has 0 radical (unpaired) electrons. The normalized spacial score (nSPS) is 11.0. The molecule has 0 saturated carbocycles. The molecule has 0 heterocycles. The third-order valence-electron chi connectivity index (χ3n) is 4.19. The molecule has 2 rings (SSSR count). The van der Waals surface area contributed by atoms with E-state index in [0.29, 0.717) is 16.9 Å². The minimum Gasteiger partial charge on any atom is -0.497 e. The van der Waals surface area contributed by atoms with Gasteiger partial charge < -0.3 is 18.9 Å². The molecule has 0 aliphatic heterocycles. The fraction of sp³-hybridized carbons (Fsp3) is 0.364. The van der Waals surface area contributed by atoms with Crippen LogP contribution in [-0.2, 0) is 33.5 Å². The van der Waals surface area contributed by atoms with Crippen LogP contribution in [0.1, 0.15) is 40.9 Å². The Bertz CT molecular complexity index is 907. The van der Waals surface area contributed by atoms with E-state index in [1.165, 1.54) is 31.4 Å². The van der Waals surface area contributed by atoms with E-state index in [1.807, 2.05) is 0 Å². The maximum atomic E-state index is 12.7. The lowest BCUT2D eigenvalue weighted by Gasteiger charge is -2.17. The summed E-state index contributed by atoms with van der Waals surface area (Å²) in [5, 5.41) is 0. The third-order valence-corrected chi connectivity index (χ3v) is 4.19. The minimum absolute atomic E-state index is 0.0302. The molecule has 0 bridgehead atoms. The van der Waals surface area contributed by atoms with Gasteiger partial charge in [0, 0.05) is 6.07 Å². The average Bonchev–Trinajstić information content (AvgIpc) is 2.71. The maximum absolute atomic E-state index is 12.7. The zero-order chi connectivity index (χ0) is 23.0. The lowest BCUT2D eigenvalue weighted by atomic mass is 10.0. The van der Waals surface area contributed by atoms with Gasteiger partial charge in [-0.3, -0.25) is 4.79 Å². The number of carbonyl (C=O) groups excluding carboxylic acids is 2. The van der Waals surface area contributed by atoms with E-state index in [4.69, 9.17) is 18.9 Å². The summed E-state index contributed by atoms with van der Waals surface area (Å²) >= 11 is 0. The van der Waals surface area contributed by atoms with E-state index >= 15 is 0 Å². The Hall–Kier alpha value is -3.23. The monoisotopic (exact) mass is 440 g/mol. The molecule has 0 saturated heterocycles. The molecule has 0 aromatic heterocycles. The van der Waals surface area contributed by atoms with Gasteiger partial charge in [0.25, 0.3) is 0 Å². The van der Waals surface area contributed by atoms with Crippen molar-refractivity contribution in [2.75, 3.05) is 20.3 Å². The number of alkyl halides is 3. The van der Waals surface area contributed by atoms with Crippen molar-refractivity contribution in [2.24, 2.45) is 0 Å². The average molecular weight is 440 g/mol. The van der Waals surface area contributed by atoms with Crippen LogP contribution in [-0.4, -0.2) is 32.3 Å². The van der Waals surface area contributed by atoms with Crippen LogP contribution in [0.2, 0.25) is 0 Å². The summed E-state index contributed by atoms with van der Waals surface area (Å²) in [6.07, 6.45) is -4.65. The summed E-state index contributed by atoms with van der Waals surface area (Å²) in [6, 6.07) is 7.42. The van der Waals surface area contributed by atoms with E-state index in [1.54, 1.807) is 13.8 Å². The Morgan fingerprint density at radius 3 is 2.16 bits per heavy atom. The molecule has 9 heteroatoms. The summed E-state index contributed by atoms with van der Waals surface area (Å²) < 4.78 is 59.2. The molecule has 0 aliphatic carbocycles. The molecule has 0 atom stereocenters.